The van der Waals surface area contributed by atoms with E-state index in [0.717, 1.165) is 11.3 Å². The SMILES string of the molecule is CC(C)c1ccc(/C=C2/SC(=Nc3ccccc3)NC2=O)cc1. The maximum Gasteiger partial charge on any atom is 0.264 e. The van der Waals surface area contributed by atoms with Crippen LogP contribution in [-0.4, -0.2) is 11.1 Å². The zero-order valence-corrected chi connectivity index (χ0v) is 13.9. The van der Waals surface area contributed by atoms with Crippen molar-refractivity contribution in [1.82, 2.24) is 5.32 Å². The van der Waals surface area contributed by atoms with Crippen molar-refractivity contribution in [1.29, 1.82) is 0 Å². The molecule has 0 saturated carbocycles. The van der Waals surface area contributed by atoms with Crippen molar-refractivity contribution in [2.75, 3.05) is 0 Å². The number of amides is 1. The van der Waals surface area contributed by atoms with Gasteiger partial charge in [-0.05, 0) is 47.0 Å². The van der Waals surface area contributed by atoms with E-state index in [0.29, 0.717) is 16.0 Å². The van der Waals surface area contributed by atoms with Gasteiger partial charge >= 0.3 is 0 Å². The Hall–Kier alpha value is -2.33. The second-order valence-corrected chi connectivity index (χ2v) is 6.67. The Bertz CT molecular complexity index is 762. The van der Waals surface area contributed by atoms with Crippen LogP contribution in [0.2, 0.25) is 0 Å². The van der Waals surface area contributed by atoms with Crippen molar-refractivity contribution in [3.8, 4) is 0 Å². The molecule has 0 spiro atoms. The molecule has 1 saturated heterocycles. The first-order valence-corrected chi connectivity index (χ1v) is 8.38. The monoisotopic (exact) mass is 322 g/mol. The van der Waals surface area contributed by atoms with Gasteiger partial charge in [-0.3, -0.25) is 4.79 Å². The van der Waals surface area contributed by atoms with E-state index in [2.05, 4.69) is 36.3 Å². The molecule has 0 atom stereocenters. The Morgan fingerprint density at radius 1 is 1.04 bits per heavy atom. The molecule has 2 aromatic carbocycles. The van der Waals surface area contributed by atoms with E-state index >= 15 is 0 Å². The van der Waals surface area contributed by atoms with Gasteiger partial charge < -0.3 is 5.32 Å². The van der Waals surface area contributed by atoms with Crippen LogP contribution in [0.4, 0.5) is 5.69 Å². The number of carbonyl (C=O) groups is 1. The lowest BCUT2D eigenvalue weighted by molar-refractivity contribution is -0.115. The highest BCUT2D eigenvalue weighted by atomic mass is 32.2. The summed E-state index contributed by atoms with van der Waals surface area (Å²) in [5.41, 5.74) is 3.15. The van der Waals surface area contributed by atoms with Crippen LogP contribution in [0.5, 0.6) is 0 Å². The van der Waals surface area contributed by atoms with Crippen LogP contribution >= 0.6 is 11.8 Å². The van der Waals surface area contributed by atoms with E-state index < -0.39 is 0 Å². The molecule has 1 heterocycles. The molecule has 0 unspecified atom stereocenters. The summed E-state index contributed by atoms with van der Waals surface area (Å²) in [6.45, 7) is 4.33. The molecular weight excluding hydrogens is 304 g/mol. The quantitative estimate of drug-likeness (QED) is 0.832. The Morgan fingerprint density at radius 2 is 1.74 bits per heavy atom. The molecule has 1 amide bonds. The first kappa shape index (κ1) is 15.6. The first-order chi connectivity index (χ1) is 11.1. The highest BCUT2D eigenvalue weighted by Gasteiger charge is 2.23. The van der Waals surface area contributed by atoms with Gasteiger partial charge in [-0.25, -0.2) is 4.99 Å². The van der Waals surface area contributed by atoms with Crippen molar-refractivity contribution in [2.45, 2.75) is 19.8 Å². The molecule has 1 aliphatic rings. The van der Waals surface area contributed by atoms with Crippen LogP contribution in [0.1, 0.15) is 30.9 Å². The number of benzene rings is 2. The Balaban J connectivity index is 1.78. The fourth-order valence-corrected chi connectivity index (χ4v) is 3.07. The van der Waals surface area contributed by atoms with E-state index in [1.807, 2.05) is 48.5 Å². The molecule has 0 bridgehead atoms. The van der Waals surface area contributed by atoms with Gasteiger partial charge in [0.2, 0.25) is 0 Å². The number of amidine groups is 1. The van der Waals surface area contributed by atoms with Crippen LogP contribution in [-0.2, 0) is 4.79 Å². The maximum atomic E-state index is 12.1. The minimum absolute atomic E-state index is 0.0994. The van der Waals surface area contributed by atoms with Crippen molar-refractivity contribution in [3.63, 3.8) is 0 Å². The van der Waals surface area contributed by atoms with Crippen LogP contribution in [0.25, 0.3) is 6.08 Å². The third-order valence-corrected chi connectivity index (χ3v) is 4.45. The molecule has 3 nitrogen and oxygen atoms in total. The lowest BCUT2D eigenvalue weighted by Gasteiger charge is -2.04. The highest BCUT2D eigenvalue weighted by Crippen LogP contribution is 2.28. The fraction of sp³-hybridized carbons (Fsp3) is 0.158. The number of nitrogens with zero attached hydrogens (tertiary/aromatic N) is 1. The summed E-state index contributed by atoms with van der Waals surface area (Å²) in [5, 5.41) is 3.42. The topological polar surface area (TPSA) is 41.5 Å². The van der Waals surface area contributed by atoms with Gasteiger partial charge in [0.1, 0.15) is 0 Å². The molecule has 1 N–H and O–H groups in total. The average Bonchev–Trinajstić information content (AvgIpc) is 2.88. The molecular formula is C19H18N2OS. The molecule has 116 valence electrons. The lowest BCUT2D eigenvalue weighted by atomic mass is 10.0. The van der Waals surface area contributed by atoms with Crippen molar-refractivity contribution in [3.05, 3.63) is 70.6 Å². The van der Waals surface area contributed by atoms with Crippen molar-refractivity contribution >= 4 is 34.6 Å². The van der Waals surface area contributed by atoms with Crippen LogP contribution in [0, 0.1) is 0 Å². The molecule has 4 heteroatoms. The number of rotatable bonds is 3. The average molecular weight is 322 g/mol. The summed E-state index contributed by atoms with van der Waals surface area (Å²) in [4.78, 5) is 17.2. The number of aliphatic imine (C=N–C) groups is 1. The summed E-state index contributed by atoms with van der Waals surface area (Å²) < 4.78 is 0. The molecule has 1 fully saturated rings. The lowest BCUT2D eigenvalue weighted by Crippen LogP contribution is -2.19. The fourth-order valence-electron chi connectivity index (χ4n) is 2.23. The summed E-state index contributed by atoms with van der Waals surface area (Å²) in [5.74, 6) is 0.406. The minimum Gasteiger partial charge on any atom is -0.300 e. The Labute approximate surface area is 140 Å². The number of para-hydroxylation sites is 1. The summed E-state index contributed by atoms with van der Waals surface area (Å²) in [6.07, 6.45) is 1.90. The molecule has 0 aliphatic carbocycles. The van der Waals surface area contributed by atoms with E-state index in [1.165, 1.54) is 17.3 Å². The van der Waals surface area contributed by atoms with Gasteiger partial charge in [-0.15, -0.1) is 0 Å². The van der Waals surface area contributed by atoms with Crippen molar-refractivity contribution < 1.29 is 4.79 Å². The van der Waals surface area contributed by atoms with Crippen LogP contribution in [0.15, 0.2) is 64.5 Å². The summed E-state index contributed by atoms with van der Waals surface area (Å²) in [6, 6.07) is 17.9. The van der Waals surface area contributed by atoms with Crippen LogP contribution in [0.3, 0.4) is 0 Å². The van der Waals surface area contributed by atoms with Gasteiger partial charge in [-0.1, -0.05) is 56.3 Å². The third kappa shape index (κ3) is 3.90. The first-order valence-electron chi connectivity index (χ1n) is 7.56. The molecule has 3 rings (SSSR count). The molecule has 2 aromatic rings. The van der Waals surface area contributed by atoms with Crippen LogP contribution < -0.4 is 5.32 Å². The summed E-state index contributed by atoms with van der Waals surface area (Å²) >= 11 is 1.37. The number of nitrogens with one attached hydrogen (secondary N) is 1. The highest BCUT2D eigenvalue weighted by molar-refractivity contribution is 8.18. The van der Waals surface area contributed by atoms with Gasteiger partial charge in [-0.2, -0.15) is 0 Å². The number of thioether (sulfide) groups is 1. The number of hydrogen-bond acceptors (Lipinski definition) is 3. The minimum atomic E-state index is -0.0994. The van der Waals surface area contributed by atoms with E-state index in [-0.39, 0.29) is 5.91 Å². The summed E-state index contributed by atoms with van der Waals surface area (Å²) in [7, 11) is 0. The van der Waals surface area contributed by atoms with Gasteiger partial charge in [0.15, 0.2) is 5.17 Å². The maximum absolute atomic E-state index is 12.1. The van der Waals surface area contributed by atoms with Gasteiger partial charge in [0, 0.05) is 0 Å². The predicted octanol–water partition coefficient (Wildman–Crippen LogP) is 4.70. The molecule has 0 radical (unpaired) electrons. The van der Waals surface area contributed by atoms with Crippen molar-refractivity contribution in [2.24, 2.45) is 4.99 Å². The smallest absolute Gasteiger partial charge is 0.264 e. The van der Waals surface area contributed by atoms with Gasteiger partial charge in [0.25, 0.3) is 5.91 Å². The van der Waals surface area contributed by atoms with Gasteiger partial charge in [0.05, 0.1) is 10.6 Å². The number of hydrogen-bond donors (Lipinski definition) is 1. The molecule has 23 heavy (non-hydrogen) atoms. The molecule has 0 aromatic heterocycles. The zero-order valence-electron chi connectivity index (χ0n) is 13.1. The van der Waals surface area contributed by atoms with E-state index in [4.69, 9.17) is 0 Å². The Morgan fingerprint density at radius 3 is 2.39 bits per heavy atom. The Kier molecular flexibility index (Phi) is 4.63. The number of carbonyl (C=O) groups excluding carboxylic acids is 1. The second kappa shape index (κ2) is 6.84. The third-order valence-electron chi connectivity index (χ3n) is 3.54. The normalized spacial score (nSPS) is 18.0. The van der Waals surface area contributed by atoms with E-state index in [1.54, 1.807) is 0 Å². The standard InChI is InChI=1S/C19H18N2OS/c1-13(2)15-10-8-14(9-11-15)12-17-18(22)21-19(23-17)20-16-6-4-3-5-7-16/h3-13H,1-2H3,(H,20,21,22)/b17-12+. The molecule has 1 aliphatic heterocycles. The van der Waals surface area contributed by atoms with E-state index in [9.17, 15) is 4.79 Å². The zero-order chi connectivity index (χ0) is 16.2. The largest absolute Gasteiger partial charge is 0.300 e. The predicted molar refractivity (Wildman–Crippen MR) is 97.8 cm³/mol. The second-order valence-electron chi connectivity index (χ2n) is 5.64.